The summed E-state index contributed by atoms with van der Waals surface area (Å²) in [5, 5.41) is 4.88. The molecule has 0 saturated carbocycles. The first-order valence-electron chi connectivity index (χ1n) is 4.25. The molecule has 0 aliphatic rings. The molecule has 0 aliphatic carbocycles. The Bertz CT molecular complexity index is 217. The van der Waals surface area contributed by atoms with Crippen LogP contribution in [-0.4, -0.2) is 31.1 Å². The minimum absolute atomic E-state index is 0.267. The van der Waals surface area contributed by atoms with Crippen LogP contribution >= 0.6 is 0 Å². The van der Waals surface area contributed by atoms with Crippen molar-refractivity contribution < 1.29 is 9.59 Å². The lowest BCUT2D eigenvalue weighted by Crippen LogP contribution is -2.43. The van der Waals surface area contributed by atoms with Crippen LogP contribution in [0.15, 0.2) is 12.7 Å². The molecule has 0 aliphatic heterocycles. The van der Waals surface area contributed by atoms with Gasteiger partial charge in [-0.15, -0.1) is 6.58 Å². The van der Waals surface area contributed by atoms with Crippen molar-refractivity contribution >= 4 is 11.9 Å². The van der Waals surface area contributed by atoms with Crippen molar-refractivity contribution in [3.63, 3.8) is 0 Å². The van der Waals surface area contributed by atoms with Crippen molar-refractivity contribution in [2.45, 2.75) is 12.5 Å². The second-order valence-electron chi connectivity index (χ2n) is 2.71. The Morgan fingerprint density at radius 3 is 2.43 bits per heavy atom. The summed E-state index contributed by atoms with van der Waals surface area (Å²) in [5.74, 6) is -0.267. The third-order valence-electron chi connectivity index (χ3n) is 1.48. The minimum Gasteiger partial charge on any atom is -0.353 e. The van der Waals surface area contributed by atoms with Gasteiger partial charge in [-0.05, 0) is 6.42 Å². The number of rotatable bonds is 6. The lowest BCUT2D eigenvalue weighted by atomic mass is 10.2. The zero-order valence-electron chi connectivity index (χ0n) is 7.95. The number of urea groups is 1. The van der Waals surface area contributed by atoms with Crippen LogP contribution in [0, 0.1) is 0 Å². The fraction of sp³-hybridized carbons (Fsp3) is 0.500. The lowest BCUT2D eigenvalue weighted by molar-refractivity contribution is -0.122. The summed E-state index contributed by atoms with van der Waals surface area (Å²) < 4.78 is 0. The summed E-state index contributed by atoms with van der Waals surface area (Å²) in [4.78, 5) is 21.4. The van der Waals surface area contributed by atoms with Crippen LogP contribution in [0.5, 0.6) is 0 Å². The zero-order chi connectivity index (χ0) is 11.0. The van der Waals surface area contributed by atoms with Crippen LogP contribution in [0.4, 0.5) is 4.79 Å². The molecule has 0 aromatic heterocycles. The van der Waals surface area contributed by atoms with Gasteiger partial charge in [0.2, 0.25) is 5.91 Å². The Balaban J connectivity index is 3.53. The first-order chi connectivity index (χ1) is 6.57. The number of carbonyl (C=O) groups excluding carboxylic acids is 2. The molecule has 0 aromatic carbocycles. The first-order valence-corrected chi connectivity index (χ1v) is 4.25. The smallest absolute Gasteiger partial charge is 0.312 e. The number of nitrogens with two attached hydrogens (primary N) is 2. The van der Waals surface area contributed by atoms with E-state index in [0.717, 1.165) is 0 Å². The van der Waals surface area contributed by atoms with Gasteiger partial charge in [0, 0.05) is 13.1 Å². The number of nitrogens with one attached hydrogen (secondary N) is 2. The van der Waals surface area contributed by atoms with Gasteiger partial charge in [0.15, 0.2) is 0 Å². The van der Waals surface area contributed by atoms with Crippen molar-refractivity contribution in [3.05, 3.63) is 12.7 Å². The zero-order valence-corrected chi connectivity index (χ0v) is 7.95. The third kappa shape index (κ3) is 6.01. The Kier molecular flexibility index (Phi) is 6.13. The first kappa shape index (κ1) is 12.4. The summed E-state index contributed by atoms with van der Waals surface area (Å²) in [6, 6.07) is -1.20. The maximum absolute atomic E-state index is 11.1. The third-order valence-corrected chi connectivity index (χ3v) is 1.48. The largest absolute Gasteiger partial charge is 0.353 e. The van der Waals surface area contributed by atoms with Gasteiger partial charge in [-0.2, -0.15) is 0 Å². The van der Waals surface area contributed by atoms with Crippen LogP contribution in [-0.2, 0) is 4.79 Å². The normalized spacial score (nSPS) is 11.5. The lowest BCUT2D eigenvalue weighted by Gasteiger charge is -2.09. The predicted molar refractivity (Wildman–Crippen MR) is 53.4 cm³/mol. The topological polar surface area (TPSA) is 110 Å². The molecule has 0 saturated heterocycles. The van der Waals surface area contributed by atoms with Crippen LogP contribution < -0.4 is 22.1 Å². The minimum atomic E-state index is -0.616. The van der Waals surface area contributed by atoms with E-state index in [1.165, 1.54) is 0 Å². The average molecular weight is 200 g/mol. The van der Waals surface area contributed by atoms with E-state index in [1.54, 1.807) is 6.08 Å². The number of hydrogen-bond donors (Lipinski definition) is 4. The van der Waals surface area contributed by atoms with Gasteiger partial charge in [-0.3, -0.25) is 4.79 Å². The Hall–Kier alpha value is -1.56. The summed E-state index contributed by atoms with van der Waals surface area (Å²) >= 11 is 0. The SMILES string of the molecule is C=CCC(N)C(=O)NCCNC(N)=O. The quantitative estimate of drug-likeness (QED) is 0.315. The number of primary amides is 1. The highest BCUT2D eigenvalue weighted by atomic mass is 16.2. The molecule has 6 nitrogen and oxygen atoms in total. The number of amides is 3. The maximum atomic E-state index is 11.1. The summed E-state index contributed by atoms with van der Waals surface area (Å²) in [6.07, 6.45) is 2.00. The molecule has 0 bridgehead atoms. The van der Waals surface area contributed by atoms with E-state index < -0.39 is 12.1 Å². The molecule has 6 N–H and O–H groups in total. The molecule has 3 amide bonds. The molecule has 0 radical (unpaired) electrons. The number of carbonyl (C=O) groups is 2. The van der Waals surface area contributed by atoms with E-state index in [2.05, 4.69) is 17.2 Å². The van der Waals surface area contributed by atoms with E-state index in [0.29, 0.717) is 19.5 Å². The number of hydrogen-bond acceptors (Lipinski definition) is 3. The second kappa shape index (κ2) is 6.90. The van der Waals surface area contributed by atoms with Crippen LogP contribution in [0.3, 0.4) is 0 Å². The molecule has 14 heavy (non-hydrogen) atoms. The molecule has 0 rings (SSSR count). The van der Waals surface area contributed by atoms with Crippen LogP contribution in [0.1, 0.15) is 6.42 Å². The molecule has 1 atom stereocenters. The Morgan fingerprint density at radius 2 is 1.93 bits per heavy atom. The van der Waals surface area contributed by atoms with E-state index >= 15 is 0 Å². The summed E-state index contributed by atoms with van der Waals surface area (Å²) in [6.45, 7) is 4.07. The van der Waals surface area contributed by atoms with Gasteiger partial charge in [0.05, 0.1) is 6.04 Å². The van der Waals surface area contributed by atoms with Crippen LogP contribution in [0.25, 0.3) is 0 Å². The molecule has 0 heterocycles. The van der Waals surface area contributed by atoms with Gasteiger partial charge in [0.1, 0.15) is 0 Å². The standard InChI is InChI=1S/C8H16N4O2/c1-2-3-6(9)7(13)11-4-5-12-8(10)14/h2,6H,1,3-5,9H2,(H,11,13)(H3,10,12,14). The highest BCUT2D eigenvalue weighted by Crippen LogP contribution is 1.87. The van der Waals surface area contributed by atoms with Crippen molar-refractivity contribution in [2.24, 2.45) is 11.5 Å². The van der Waals surface area contributed by atoms with Gasteiger partial charge in [-0.25, -0.2) is 4.79 Å². The molecular weight excluding hydrogens is 184 g/mol. The van der Waals surface area contributed by atoms with Gasteiger partial charge >= 0.3 is 6.03 Å². The van der Waals surface area contributed by atoms with Crippen LogP contribution in [0.2, 0.25) is 0 Å². The molecule has 0 fully saturated rings. The summed E-state index contributed by atoms with van der Waals surface area (Å²) in [7, 11) is 0. The van der Waals surface area contributed by atoms with Gasteiger partial charge in [0.25, 0.3) is 0 Å². The Morgan fingerprint density at radius 1 is 1.36 bits per heavy atom. The molecule has 0 spiro atoms. The van der Waals surface area contributed by atoms with E-state index in [-0.39, 0.29) is 5.91 Å². The molecule has 80 valence electrons. The fourth-order valence-corrected chi connectivity index (χ4v) is 0.789. The van der Waals surface area contributed by atoms with E-state index in [4.69, 9.17) is 11.5 Å². The molecule has 6 heteroatoms. The highest BCUT2D eigenvalue weighted by molar-refractivity contribution is 5.81. The van der Waals surface area contributed by atoms with E-state index in [9.17, 15) is 9.59 Å². The second-order valence-corrected chi connectivity index (χ2v) is 2.71. The van der Waals surface area contributed by atoms with E-state index in [1.807, 2.05) is 0 Å². The highest BCUT2D eigenvalue weighted by Gasteiger charge is 2.09. The molecule has 1 unspecified atom stereocenters. The predicted octanol–water partition coefficient (Wildman–Crippen LogP) is -1.33. The molecular formula is C8H16N4O2. The Labute approximate surface area is 82.7 Å². The summed E-state index contributed by atoms with van der Waals surface area (Å²) in [5.41, 5.74) is 10.3. The van der Waals surface area contributed by atoms with Crippen molar-refractivity contribution in [1.29, 1.82) is 0 Å². The maximum Gasteiger partial charge on any atom is 0.312 e. The average Bonchev–Trinajstić information content (AvgIpc) is 2.12. The monoisotopic (exact) mass is 200 g/mol. The van der Waals surface area contributed by atoms with Crippen molar-refractivity contribution in [1.82, 2.24) is 10.6 Å². The van der Waals surface area contributed by atoms with Gasteiger partial charge in [-0.1, -0.05) is 6.08 Å². The van der Waals surface area contributed by atoms with Crippen molar-refractivity contribution in [2.75, 3.05) is 13.1 Å². The molecule has 0 aromatic rings. The van der Waals surface area contributed by atoms with Crippen molar-refractivity contribution in [3.8, 4) is 0 Å². The fourth-order valence-electron chi connectivity index (χ4n) is 0.789. The van der Waals surface area contributed by atoms with Gasteiger partial charge < -0.3 is 22.1 Å².